The third-order valence-corrected chi connectivity index (χ3v) is 4.73. The minimum atomic E-state index is 0.259. The monoisotopic (exact) mass is 262 g/mol. The lowest BCUT2D eigenvalue weighted by atomic mass is 9.93. The predicted molar refractivity (Wildman–Crippen MR) is 77.2 cm³/mol. The van der Waals surface area contributed by atoms with Gasteiger partial charge < -0.3 is 15.0 Å². The Morgan fingerprint density at radius 2 is 2.21 bits per heavy atom. The molecule has 0 spiro atoms. The second-order valence-corrected chi connectivity index (χ2v) is 6.12. The molecule has 0 bridgehead atoms. The van der Waals surface area contributed by atoms with Crippen molar-refractivity contribution in [3.8, 4) is 0 Å². The van der Waals surface area contributed by atoms with Gasteiger partial charge in [0.15, 0.2) is 0 Å². The molecule has 3 rings (SSSR count). The molecule has 2 heterocycles. The summed E-state index contributed by atoms with van der Waals surface area (Å²) >= 11 is 0. The topological polar surface area (TPSA) is 40.2 Å². The summed E-state index contributed by atoms with van der Waals surface area (Å²) in [4.78, 5) is 0. The fraction of sp³-hybridized carbons (Fsp3) is 0.750. The van der Waals surface area contributed by atoms with Gasteiger partial charge in [-0.25, -0.2) is 0 Å². The molecule has 0 radical (unpaired) electrons. The Labute approximate surface area is 116 Å². The molecule has 3 heteroatoms. The minimum Gasteiger partial charge on any atom is -0.378 e. The zero-order valence-electron chi connectivity index (χ0n) is 12.0. The summed E-state index contributed by atoms with van der Waals surface area (Å²) in [6.45, 7) is 4.27. The van der Waals surface area contributed by atoms with Crippen LogP contribution in [0.5, 0.6) is 0 Å². The molecule has 3 nitrogen and oxygen atoms in total. The Morgan fingerprint density at radius 1 is 1.32 bits per heavy atom. The van der Waals surface area contributed by atoms with Crippen LogP contribution < -0.4 is 5.73 Å². The number of fused-ring (bicyclic) bond motifs is 1. The first kappa shape index (κ1) is 13.2. The van der Waals surface area contributed by atoms with E-state index in [1.54, 1.807) is 0 Å². The molecule has 1 fully saturated rings. The highest BCUT2D eigenvalue weighted by Gasteiger charge is 2.22. The van der Waals surface area contributed by atoms with Crippen molar-refractivity contribution >= 4 is 0 Å². The maximum Gasteiger partial charge on any atom is 0.0592 e. The number of aromatic nitrogens is 1. The molecule has 2 N–H and O–H groups in total. The fourth-order valence-corrected chi connectivity index (χ4v) is 3.62. The number of aryl methyl sites for hydroxylation is 1. The lowest BCUT2D eigenvalue weighted by Gasteiger charge is -2.25. The first-order valence-corrected chi connectivity index (χ1v) is 7.82. The van der Waals surface area contributed by atoms with E-state index in [0.29, 0.717) is 6.10 Å². The van der Waals surface area contributed by atoms with E-state index >= 15 is 0 Å². The summed E-state index contributed by atoms with van der Waals surface area (Å²) < 4.78 is 8.34. The molecule has 0 saturated carbocycles. The Bertz CT molecular complexity index is 432. The van der Waals surface area contributed by atoms with Crippen LogP contribution >= 0.6 is 0 Å². The molecule has 1 saturated heterocycles. The van der Waals surface area contributed by atoms with E-state index in [1.165, 1.54) is 49.1 Å². The van der Waals surface area contributed by atoms with Gasteiger partial charge in [-0.1, -0.05) is 0 Å². The van der Waals surface area contributed by atoms with Gasteiger partial charge in [-0.15, -0.1) is 0 Å². The van der Waals surface area contributed by atoms with Crippen LogP contribution in [0.4, 0.5) is 0 Å². The Kier molecular flexibility index (Phi) is 3.94. The molecule has 106 valence electrons. The zero-order valence-corrected chi connectivity index (χ0v) is 12.0. The van der Waals surface area contributed by atoms with Gasteiger partial charge in [-0.3, -0.25) is 0 Å². The molecule has 1 aromatic rings. The first-order valence-electron chi connectivity index (χ1n) is 7.82. The average molecular weight is 262 g/mol. The third kappa shape index (κ3) is 2.72. The van der Waals surface area contributed by atoms with E-state index in [4.69, 9.17) is 10.5 Å². The highest BCUT2D eigenvalue weighted by atomic mass is 16.5. The molecular weight excluding hydrogens is 236 g/mol. The van der Waals surface area contributed by atoms with Crippen molar-refractivity contribution in [3.63, 3.8) is 0 Å². The summed E-state index contributed by atoms with van der Waals surface area (Å²) in [5, 5.41) is 0. The molecule has 2 atom stereocenters. The van der Waals surface area contributed by atoms with E-state index < -0.39 is 0 Å². The lowest BCUT2D eigenvalue weighted by molar-refractivity contribution is 0.00863. The quantitative estimate of drug-likeness (QED) is 0.909. The Balaban J connectivity index is 1.70. The van der Waals surface area contributed by atoms with Gasteiger partial charge in [0.2, 0.25) is 0 Å². The molecule has 1 aromatic heterocycles. The predicted octanol–water partition coefficient (Wildman–Crippen LogP) is 3.09. The second-order valence-electron chi connectivity index (χ2n) is 6.12. The first-order chi connectivity index (χ1) is 9.25. The maximum atomic E-state index is 6.23. The standard InChI is InChI=1S/C16H26N2O/c1-12-11-14-15(17)6-4-7-16(14)18(12)9-8-13-5-2-3-10-19-13/h11,13,15H,2-10,17H2,1H3. The summed E-state index contributed by atoms with van der Waals surface area (Å²) in [6, 6.07) is 2.57. The molecule has 2 unspecified atom stereocenters. The second kappa shape index (κ2) is 5.68. The molecule has 0 amide bonds. The van der Waals surface area contributed by atoms with E-state index in [1.807, 2.05) is 0 Å². The van der Waals surface area contributed by atoms with Crippen LogP contribution in [0.2, 0.25) is 0 Å². The summed E-state index contributed by atoms with van der Waals surface area (Å²) in [7, 11) is 0. The van der Waals surface area contributed by atoms with Gasteiger partial charge in [0.05, 0.1) is 6.10 Å². The molecule has 2 aliphatic rings. The summed E-state index contributed by atoms with van der Waals surface area (Å²) in [5.74, 6) is 0. The van der Waals surface area contributed by atoms with Crippen LogP contribution in [-0.4, -0.2) is 17.3 Å². The van der Waals surface area contributed by atoms with Gasteiger partial charge in [-0.05, 0) is 63.5 Å². The zero-order chi connectivity index (χ0) is 13.2. The lowest BCUT2D eigenvalue weighted by Crippen LogP contribution is -2.22. The van der Waals surface area contributed by atoms with Gasteiger partial charge in [0.1, 0.15) is 0 Å². The number of nitrogens with two attached hydrogens (primary N) is 1. The number of hydrogen-bond acceptors (Lipinski definition) is 2. The van der Waals surface area contributed by atoms with Gasteiger partial charge in [0.25, 0.3) is 0 Å². The maximum absolute atomic E-state index is 6.23. The largest absolute Gasteiger partial charge is 0.378 e. The summed E-state index contributed by atoms with van der Waals surface area (Å²) in [5.41, 5.74) is 10.5. The Morgan fingerprint density at radius 3 is 3.00 bits per heavy atom. The van der Waals surface area contributed by atoms with Gasteiger partial charge >= 0.3 is 0 Å². The van der Waals surface area contributed by atoms with Gasteiger partial charge in [-0.2, -0.15) is 0 Å². The fourth-order valence-electron chi connectivity index (χ4n) is 3.62. The molecular formula is C16H26N2O. The van der Waals surface area contributed by atoms with Crippen LogP contribution in [0.3, 0.4) is 0 Å². The van der Waals surface area contributed by atoms with Crippen molar-refractivity contribution in [3.05, 3.63) is 23.0 Å². The van der Waals surface area contributed by atoms with Gasteiger partial charge in [0, 0.05) is 30.6 Å². The average Bonchev–Trinajstić information content (AvgIpc) is 2.75. The SMILES string of the molecule is Cc1cc2c(n1CCC1CCCCO1)CCCC2N. The normalized spacial score (nSPS) is 27.3. The molecule has 1 aliphatic carbocycles. The Hall–Kier alpha value is -0.800. The van der Waals surface area contributed by atoms with Crippen molar-refractivity contribution in [2.24, 2.45) is 5.73 Å². The van der Waals surface area contributed by atoms with Crippen LogP contribution in [0.1, 0.15) is 61.5 Å². The van der Waals surface area contributed by atoms with Crippen molar-refractivity contribution in [2.75, 3.05) is 6.61 Å². The molecule has 19 heavy (non-hydrogen) atoms. The van der Waals surface area contributed by atoms with E-state index in [-0.39, 0.29) is 6.04 Å². The number of rotatable bonds is 3. The molecule has 1 aliphatic heterocycles. The van der Waals surface area contributed by atoms with Crippen molar-refractivity contribution in [1.82, 2.24) is 4.57 Å². The summed E-state index contributed by atoms with van der Waals surface area (Å²) in [6.07, 6.45) is 9.01. The van der Waals surface area contributed by atoms with Crippen molar-refractivity contribution in [1.29, 1.82) is 0 Å². The highest BCUT2D eigenvalue weighted by Crippen LogP contribution is 2.31. The highest BCUT2D eigenvalue weighted by molar-refractivity contribution is 5.32. The smallest absolute Gasteiger partial charge is 0.0592 e. The number of ether oxygens (including phenoxy) is 1. The van der Waals surface area contributed by atoms with E-state index in [2.05, 4.69) is 17.6 Å². The van der Waals surface area contributed by atoms with E-state index in [0.717, 1.165) is 26.0 Å². The van der Waals surface area contributed by atoms with E-state index in [9.17, 15) is 0 Å². The van der Waals surface area contributed by atoms with Crippen LogP contribution in [0, 0.1) is 6.92 Å². The number of hydrogen-bond donors (Lipinski definition) is 1. The van der Waals surface area contributed by atoms with Crippen LogP contribution in [0.25, 0.3) is 0 Å². The molecule has 0 aromatic carbocycles. The van der Waals surface area contributed by atoms with Crippen LogP contribution in [0.15, 0.2) is 6.07 Å². The van der Waals surface area contributed by atoms with Crippen molar-refractivity contribution in [2.45, 2.75) is 70.6 Å². The minimum absolute atomic E-state index is 0.259. The van der Waals surface area contributed by atoms with Crippen molar-refractivity contribution < 1.29 is 4.74 Å². The number of nitrogens with zero attached hydrogens (tertiary/aromatic N) is 1. The van der Waals surface area contributed by atoms with Crippen LogP contribution in [-0.2, 0) is 17.7 Å². The third-order valence-electron chi connectivity index (χ3n) is 4.73.